The van der Waals surface area contributed by atoms with E-state index in [0.29, 0.717) is 42.9 Å². The maximum absolute atomic E-state index is 11.8. The maximum Gasteiger partial charge on any atom is 0.303 e. The van der Waals surface area contributed by atoms with Gasteiger partial charge in [0, 0.05) is 30.6 Å². The summed E-state index contributed by atoms with van der Waals surface area (Å²) in [5, 5.41) is 11.2. The zero-order chi connectivity index (χ0) is 15.8. The summed E-state index contributed by atoms with van der Waals surface area (Å²) in [5.41, 5.74) is 0.974. The van der Waals surface area contributed by atoms with Crippen LogP contribution in [-0.4, -0.2) is 33.5 Å². The quantitative estimate of drug-likeness (QED) is 0.611. The van der Waals surface area contributed by atoms with Crippen LogP contribution in [0.3, 0.4) is 0 Å². The van der Waals surface area contributed by atoms with Crippen LogP contribution in [0.2, 0.25) is 0 Å². The molecule has 0 bridgehead atoms. The highest BCUT2D eigenvalue weighted by atomic mass is 16.4. The predicted molar refractivity (Wildman–Crippen MR) is 77.1 cm³/mol. The molecule has 0 radical (unpaired) electrons. The first kappa shape index (κ1) is 16.9. The van der Waals surface area contributed by atoms with Crippen molar-refractivity contribution in [2.75, 3.05) is 6.54 Å². The minimum absolute atomic E-state index is 0.111. The molecule has 3 N–H and O–H groups in total. The fraction of sp³-hybridized carbons (Fsp3) is 0.571. The van der Waals surface area contributed by atoms with E-state index in [4.69, 9.17) is 5.11 Å². The number of carbonyl (C=O) groups excluding carboxylic acids is 1. The highest BCUT2D eigenvalue weighted by Crippen LogP contribution is 2.02. The summed E-state index contributed by atoms with van der Waals surface area (Å²) in [5.74, 6) is -0.420. The van der Waals surface area contributed by atoms with Gasteiger partial charge in [-0.15, -0.1) is 0 Å². The van der Waals surface area contributed by atoms with Gasteiger partial charge in [0.15, 0.2) is 0 Å². The van der Waals surface area contributed by atoms with Gasteiger partial charge in [-0.3, -0.25) is 14.4 Å². The van der Waals surface area contributed by atoms with E-state index in [9.17, 15) is 14.4 Å². The lowest BCUT2D eigenvalue weighted by Gasteiger charge is -2.06. The first-order chi connectivity index (χ1) is 9.90. The molecule has 21 heavy (non-hydrogen) atoms. The van der Waals surface area contributed by atoms with E-state index in [2.05, 4.69) is 15.3 Å². The average Bonchev–Trinajstić information content (AvgIpc) is 2.36. The first-order valence-electron chi connectivity index (χ1n) is 6.95. The summed E-state index contributed by atoms with van der Waals surface area (Å²) >= 11 is 0. The zero-order valence-electron chi connectivity index (χ0n) is 12.4. The highest BCUT2D eigenvalue weighted by Gasteiger charge is 2.09. The van der Waals surface area contributed by atoms with Crippen molar-refractivity contribution in [3.63, 3.8) is 0 Å². The predicted octanol–water partition coefficient (Wildman–Crippen LogP) is 0.690. The van der Waals surface area contributed by atoms with Crippen LogP contribution < -0.4 is 10.9 Å². The van der Waals surface area contributed by atoms with Gasteiger partial charge in [-0.1, -0.05) is 0 Å². The summed E-state index contributed by atoms with van der Waals surface area (Å²) in [6.45, 7) is 3.91. The van der Waals surface area contributed by atoms with Crippen LogP contribution in [0.25, 0.3) is 0 Å². The van der Waals surface area contributed by atoms with Crippen molar-refractivity contribution in [3.8, 4) is 0 Å². The summed E-state index contributed by atoms with van der Waals surface area (Å²) in [6.07, 6.45) is 1.84. The molecular formula is C14H21N3O4. The number of hydrogen-bond acceptors (Lipinski definition) is 4. The molecule has 1 heterocycles. The summed E-state index contributed by atoms with van der Waals surface area (Å²) in [4.78, 5) is 40.5. The van der Waals surface area contributed by atoms with Crippen LogP contribution in [0.1, 0.15) is 42.8 Å². The van der Waals surface area contributed by atoms with Crippen molar-refractivity contribution < 1.29 is 14.7 Å². The minimum atomic E-state index is -0.831. The number of amides is 1. The monoisotopic (exact) mass is 295 g/mol. The number of rotatable bonds is 8. The van der Waals surface area contributed by atoms with Gasteiger partial charge in [0.25, 0.3) is 5.56 Å². The van der Waals surface area contributed by atoms with Gasteiger partial charge in [-0.2, -0.15) is 0 Å². The Hall–Kier alpha value is -2.18. The van der Waals surface area contributed by atoms with E-state index in [1.807, 2.05) is 0 Å². The number of nitrogens with one attached hydrogen (secondary N) is 2. The average molecular weight is 295 g/mol. The Balaban J connectivity index is 2.34. The third-order valence-corrected chi connectivity index (χ3v) is 3.08. The third kappa shape index (κ3) is 6.20. The molecule has 0 saturated heterocycles. The number of aliphatic carboxylic acids is 1. The molecular weight excluding hydrogens is 274 g/mol. The van der Waals surface area contributed by atoms with Gasteiger partial charge in [-0.25, -0.2) is 4.98 Å². The van der Waals surface area contributed by atoms with Crippen LogP contribution in [0.4, 0.5) is 0 Å². The Morgan fingerprint density at radius 2 is 1.95 bits per heavy atom. The van der Waals surface area contributed by atoms with Crippen LogP contribution >= 0.6 is 0 Å². The molecule has 116 valence electrons. The molecule has 7 heteroatoms. The fourth-order valence-corrected chi connectivity index (χ4v) is 2.00. The number of carboxylic acid groups (broad SMARTS) is 1. The fourth-order valence-electron chi connectivity index (χ4n) is 2.00. The lowest BCUT2D eigenvalue weighted by atomic mass is 10.1. The number of carboxylic acids is 1. The Morgan fingerprint density at radius 3 is 2.57 bits per heavy atom. The number of aromatic nitrogens is 2. The van der Waals surface area contributed by atoms with Crippen LogP contribution in [0.15, 0.2) is 4.79 Å². The second kappa shape index (κ2) is 8.18. The number of aryl methyl sites for hydroxylation is 2. The molecule has 0 aromatic carbocycles. The summed E-state index contributed by atoms with van der Waals surface area (Å²) < 4.78 is 0. The van der Waals surface area contributed by atoms with Gasteiger partial charge < -0.3 is 15.4 Å². The lowest BCUT2D eigenvalue weighted by Crippen LogP contribution is -2.26. The molecule has 0 unspecified atom stereocenters. The smallest absolute Gasteiger partial charge is 0.303 e. The summed E-state index contributed by atoms with van der Waals surface area (Å²) in [7, 11) is 0. The molecule has 0 aliphatic rings. The Morgan fingerprint density at radius 1 is 1.24 bits per heavy atom. The molecule has 0 aliphatic carbocycles. The summed E-state index contributed by atoms with van der Waals surface area (Å²) in [6, 6.07) is 0. The maximum atomic E-state index is 11.8. The van der Waals surface area contributed by atoms with E-state index >= 15 is 0 Å². The molecule has 7 nitrogen and oxygen atoms in total. The number of hydrogen-bond donors (Lipinski definition) is 3. The largest absolute Gasteiger partial charge is 0.481 e. The normalized spacial score (nSPS) is 10.4. The topological polar surface area (TPSA) is 112 Å². The first-order valence-corrected chi connectivity index (χ1v) is 6.95. The third-order valence-electron chi connectivity index (χ3n) is 3.08. The van der Waals surface area contributed by atoms with Crippen molar-refractivity contribution >= 4 is 11.9 Å². The van der Waals surface area contributed by atoms with E-state index in [1.54, 1.807) is 13.8 Å². The second-order valence-electron chi connectivity index (χ2n) is 4.92. The molecule has 1 aromatic heterocycles. The van der Waals surface area contributed by atoms with Crippen molar-refractivity contribution in [3.05, 3.63) is 27.4 Å². The SMILES string of the molecule is Cc1nc(C)c(CCC(=O)NCCCCC(=O)O)c(=O)[nH]1. The number of H-pyrrole nitrogens is 1. The Bertz CT molecular complexity index is 566. The van der Waals surface area contributed by atoms with Crippen LogP contribution in [0, 0.1) is 13.8 Å². The standard InChI is InChI=1S/C14H21N3O4/c1-9-11(14(21)17-10(2)16-9)6-7-12(18)15-8-4-3-5-13(19)20/h3-8H2,1-2H3,(H,15,18)(H,19,20)(H,16,17,21). The lowest BCUT2D eigenvalue weighted by molar-refractivity contribution is -0.137. The molecule has 0 spiro atoms. The van der Waals surface area contributed by atoms with Crippen molar-refractivity contribution in [2.45, 2.75) is 46.0 Å². The number of unbranched alkanes of at least 4 members (excludes halogenated alkanes) is 1. The van der Waals surface area contributed by atoms with E-state index in [-0.39, 0.29) is 24.3 Å². The van der Waals surface area contributed by atoms with Crippen LogP contribution in [-0.2, 0) is 16.0 Å². The van der Waals surface area contributed by atoms with E-state index < -0.39 is 5.97 Å². The van der Waals surface area contributed by atoms with Crippen molar-refractivity contribution in [1.29, 1.82) is 0 Å². The molecule has 0 atom stereocenters. The number of nitrogens with zero attached hydrogens (tertiary/aromatic N) is 1. The molecule has 0 fully saturated rings. The number of aromatic amines is 1. The van der Waals surface area contributed by atoms with Gasteiger partial charge in [0.05, 0.1) is 0 Å². The van der Waals surface area contributed by atoms with E-state index in [0.717, 1.165) is 0 Å². The number of carbonyl (C=O) groups is 2. The second-order valence-corrected chi connectivity index (χ2v) is 4.92. The molecule has 1 rings (SSSR count). The van der Waals surface area contributed by atoms with Gasteiger partial charge in [-0.05, 0) is 33.1 Å². The van der Waals surface area contributed by atoms with Gasteiger partial charge >= 0.3 is 5.97 Å². The molecule has 0 saturated carbocycles. The molecule has 1 aromatic rings. The Labute approximate surface area is 122 Å². The van der Waals surface area contributed by atoms with Gasteiger partial charge in [0.2, 0.25) is 5.91 Å². The van der Waals surface area contributed by atoms with Gasteiger partial charge in [0.1, 0.15) is 5.82 Å². The Kier molecular flexibility index (Phi) is 6.58. The van der Waals surface area contributed by atoms with E-state index in [1.165, 1.54) is 0 Å². The molecule has 1 amide bonds. The highest BCUT2D eigenvalue weighted by molar-refractivity contribution is 5.76. The van der Waals surface area contributed by atoms with Crippen molar-refractivity contribution in [1.82, 2.24) is 15.3 Å². The zero-order valence-corrected chi connectivity index (χ0v) is 12.4. The minimum Gasteiger partial charge on any atom is -0.481 e. The van der Waals surface area contributed by atoms with Crippen molar-refractivity contribution in [2.24, 2.45) is 0 Å². The van der Waals surface area contributed by atoms with Crippen LogP contribution in [0.5, 0.6) is 0 Å². The molecule has 0 aliphatic heterocycles.